The Hall–Kier alpha value is -3.40. The SMILES string of the molecule is COC(=O)C1=C(C)N=c2s/c(=C/c3c(Cl)cccc3Cl)c(=O)n2[C@H]1c1ccc(OC(C)=O)c(OC)c1. The lowest BCUT2D eigenvalue weighted by molar-refractivity contribution is -0.136. The zero-order chi connectivity index (χ0) is 26.1. The van der Waals surface area contributed by atoms with Gasteiger partial charge in [-0.2, -0.15) is 0 Å². The van der Waals surface area contributed by atoms with Crippen LogP contribution in [0.5, 0.6) is 11.5 Å². The molecule has 2 aromatic carbocycles. The minimum absolute atomic E-state index is 0.189. The first-order valence-electron chi connectivity index (χ1n) is 10.6. The van der Waals surface area contributed by atoms with E-state index in [9.17, 15) is 14.4 Å². The number of hydrogen-bond acceptors (Lipinski definition) is 8. The molecule has 0 unspecified atom stereocenters. The minimum Gasteiger partial charge on any atom is -0.493 e. The number of rotatable bonds is 5. The topological polar surface area (TPSA) is 96.2 Å². The van der Waals surface area contributed by atoms with Crippen LogP contribution < -0.4 is 24.4 Å². The maximum Gasteiger partial charge on any atom is 0.338 e. The highest BCUT2D eigenvalue weighted by Crippen LogP contribution is 2.36. The zero-order valence-corrected chi connectivity index (χ0v) is 22.0. The van der Waals surface area contributed by atoms with E-state index in [4.69, 9.17) is 37.4 Å². The molecule has 0 saturated carbocycles. The fourth-order valence-electron chi connectivity index (χ4n) is 3.88. The molecule has 1 aromatic heterocycles. The number of aromatic nitrogens is 1. The molecule has 0 spiro atoms. The second-order valence-corrected chi connectivity index (χ2v) is 9.54. The lowest BCUT2D eigenvalue weighted by atomic mass is 9.95. The van der Waals surface area contributed by atoms with Crippen molar-refractivity contribution in [1.29, 1.82) is 0 Å². The van der Waals surface area contributed by atoms with E-state index in [1.807, 2.05) is 0 Å². The quantitative estimate of drug-likeness (QED) is 0.358. The van der Waals surface area contributed by atoms with E-state index in [1.54, 1.807) is 49.4 Å². The lowest BCUT2D eigenvalue weighted by Gasteiger charge is -2.25. The van der Waals surface area contributed by atoms with Gasteiger partial charge in [-0.05, 0) is 42.8 Å². The smallest absolute Gasteiger partial charge is 0.338 e. The number of thiazole rings is 1. The summed E-state index contributed by atoms with van der Waals surface area (Å²) >= 11 is 13.8. The molecular weight excluding hydrogens is 527 g/mol. The van der Waals surface area contributed by atoms with Crippen LogP contribution >= 0.6 is 34.5 Å². The summed E-state index contributed by atoms with van der Waals surface area (Å²) in [4.78, 5) is 42.9. The number of methoxy groups -OCH3 is 2. The summed E-state index contributed by atoms with van der Waals surface area (Å²) in [5.41, 5.74) is 1.23. The van der Waals surface area contributed by atoms with E-state index >= 15 is 0 Å². The Kier molecular flexibility index (Phi) is 7.35. The number of carbonyl (C=O) groups is 2. The van der Waals surface area contributed by atoms with Gasteiger partial charge in [0.05, 0.1) is 36.1 Å². The van der Waals surface area contributed by atoms with Crippen LogP contribution in [-0.2, 0) is 14.3 Å². The van der Waals surface area contributed by atoms with Gasteiger partial charge in [0.2, 0.25) is 0 Å². The van der Waals surface area contributed by atoms with Crippen LogP contribution in [0.4, 0.5) is 0 Å². The molecule has 36 heavy (non-hydrogen) atoms. The van der Waals surface area contributed by atoms with Gasteiger partial charge in [0.15, 0.2) is 16.3 Å². The Morgan fingerprint density at radius 2 is 1.81 bits per heavy atom. The first-order chi connectivity index (χ1) is 17.2. The molecule has 0 saturated heterocycles. The third-order valence-corrected chi connectivity index (χ3v) is 7.10. The molecule has 0 bridgehead atoms. The highest BCUT2D eigenvalue weighted by atomic mass is 35.5. The molecule has 0 amide bonds. The number of carbonyl (C=O) groups excluding carboxylic acids is 2. The maximum absolute atomic E-state index is 13.7. The number of hydrogen-bond donors (Lipinski definition) is 0. The van der Waals surface area contributed by atoms with Crippen molar-refractivity contribution in [3.63, 3.8) is 0 Å². The summed E-state index contributed by atoms with van der Waals surface area (Å²) in [6.07, 6.45) is 1.60. The van der Waals surface area contributed by atoms with Gasteiger partial charge in [0.25, 0.3) is 5.56 Å². The Bertz CT molecular complexity index is 1590. The van der Waals surface area contributed by atoms with Gasteiger partial charge in [-0.25, -0.2) is 9.79 Å². The van der Waals surface area contributed by atoms with Crippen LogP contribution in [-0.4, -0.2) is 30.7 Å². The summed E-state index contributed by atoms with van der Waals surface area (Å²) < 4.78 is 17.4. The fraction of sp³-hybridized carbons (Fsp3) is 0.200. The molecule has 1 aliphatic heterocycles. The molecule has 3 aromatic rings. The molecule has 1 atom stereocenters. The summed E-state index contributed by atoms with van der Waals surface area (Å²) in [5, 5.41) is 0.782. The predicted molar refractivity (Wildman–Crippen MR) is 137 cm³/mol. The van der Waals surface area contributed by atoms with Gasteiger partial charge < -0.3 is 14.2 Å². The Labute approximate surface area is 219 Å². The number of benzene rings is 2. The van der Waals surface area contributed by atoms with E-state index in [1.165, 1.54) is 25.7 Å². The van der Waals surface area contributed by atoms with Gasteiger partial charge >= 0.3 is 11.9 Å². The summed E-state index contributed by atoms with van der Waals surface area (Å²) in [7, 11) is 2.68. The summed E-state index contributed by atoms with van der Waals surface area (Å²) in [5.74, 6) is -0.688. The average Bonchev–Trinajstić information content (AvgIpc) is 3.14. The highest BCUT2D eigenvalue weighted by molar-refractivity contribution is 7.07. The molecule has 186 valence electrons. The Balaban J connectivity index is 1.99. The van der Waals surface area contributed by atoms with Crippen LogP contribution in [0.25, 0.3) is 6.08 Å². The molecule has 0 fully saturated rings. The number of nitrogens with zero attached hydrogens (tertiary/aromatic N) is 2. The fourth-order valence-corrected chi connectivity index (χ4v) is 5.42. The van der Waals surface area contributed by atoms with Crippen molar-refractivity contribution in [1.82, 2.24) is 4.57 Å². The minimum atomic E-state index is -0.877. The van der Waals surface area contributed by atoms with E-state index in [0.29, 0.717) is 36.2 Å². The van der Waals surface area contributed by atoms with Crippen molar-refractivity contribution < 1.29 is 23.8 Å². The van der Waals surface area contributed by atoms with Crippen molar-refractivity contribution in [2.75, 3.05) is 14.2 Å². The van der Waals surface area contributed by atoms with E-state index in [-0.39, 0.29) is 17.1 Å². The summed E-state index contributed by atoms with van der Waals surface area (Å²) in [6, 6.07) is 8.98. The molecule has 0 radical (unpaired) electrons. The van der Waals surface area contributed by atoms with Gasteiger partial charge in [0.1, 0.15) is 0 Å². The first kappa shape index (κ1) is 25.7. The van der Waals surface area contributed by atoms with Crippen molar-refractivity contribution >= 4 is 52.6 Å². The third kappa shape index (κ3) is 4.69. The molecule has 0 N–H and O–H groups in total. The third-order valence-electron chi connectivity index (χ3n) is 5.46. The van der Waals surface area contributed by atoms with E-state index in [2.05, 4.69) is 4.99 Å². The molecule has 0 aliphatic carbocycles. The molecule has 1 aliphatic rings. The average molecular weight is 547 g/mol. The maximum atomic E-state index is 13.7. The van der Waals surface area contributed by atoms with E-state index < -0.39 is 23.5 Å². The Morgan fingerprint density at radius 1 is 1.11 bits per heavy atom. The predicted octanol–water partition coefficient (Wildman–Crippen LogP) is 3.65. The molecule has 4 rings (SSSR count). The number of allylic oxidation sites excluding steroid dienone is 1. The molecule has 8 nitrogen and oxygen atoms in total. The number of fused-ring (bicyclic) bond motifs is 1. The van der Waals surface area contributed by atoms with Gasteiger partial charge in [0, 0.05) is 22.5 Å². The monoisotopic (exact) mass is 546 g/mol. The van der Waals surface area contributed by atoms with Gasteiger partial charge in [-0.1, -0.05) is 46.7 Å². The normalized spacial score (nSPS) is 15.3. The first-order valence-corrected chi connectivity index (χ1v) is 12.1. The van der Waals surface area contributed by atoms with Crippen LogP contribution in [0.3, 0.4) is 0 Å². The van der Waals surface area contributed by atoms with Crippen molar-refractivity contribution in [3.05, 3.63) is 88.5 Å². The van der Waals surface area contributed by atoms with Crippen LogP contribution in [0.15, 0.2) is 57.5 Å². The number of halogens is 2. The van der Waals surface area contributed by atoms with Crippen LogP contribution in [0, 0.1) is 0 Å². The molecular formula is C25H20Cl2N2O6S. The summed E-state index contributed by atoms with van der Waals surface area (Å²) in [6.45, 7) is 2.95. The second kappa shape index (κ2) is 10.3. The number of esters is 2. The Morgan fingerprint density at radius 3 is 2.42 bits per heavy atom. The standard InChI is InChI=1S/C25H20Cl2N2O6S/c1-12-21(24(32)34-4)22(14-8-9-18(35-13(2)30)19(10-14)33-3)29-23(31)20(36-25(29)28-12)11-15-16(26)6-5-7-17(15)27/h5-11,22H,1-4H3/b20-11+/t22-/m0/s1. The van der Waals surface area contributed by atoms with Crippen molar-refractivity contribution in [3.8, 4) is 11.5 Å². The zero-order valence-electron chi connectivity index (χ0n) is 19.6. The second-order valence-electron chi connectivity index (χ2n) is 7.71. The van der Waals surface area contributed by atoms with Gasteiger partial charge in [-0.15, -0.1) is 0 Å². The largest absolute Gasteiger partial charge is 0.493 e. The van der Waals surface area contributed by atoms with E-state index in [0.717, 1.165) is 11.3 Å². The van der Waals surface area contributed by atoms with Gasteiger partial charge in [-0.3, -0.25) is 14.2 Å². The van der Waals surface area contributed by atoms with Crippen LogP contribution in [0.1, 0.15) is 31.0 Å². The molecule has 2 heterocycles. The van der Waals surface area contributed by atoms with Crippen molar-refractivity contribution in [2.24, 2.45) is 4.99 Å². The highest BCUT2D eigenvalue weighted by Gasteiger charge is 2.33. The lowest BCUT2D eigenvalue weighted by Crippen LogP contribution is -2.39. The molecule has 11 heteroatoms. The number of ether oxygens (including phenoxy) is 3. The van der Waals surface area contributed by atoms with Crippen LogP contribution in [0.2, 0.25) is 10.0 Å². The van der Waals surface area contributed by atoms with Crippen molar-refractivity contribution in [2.45, 2.75) is 19.9 Å².